The summed E-state index contributed by atoms with van der Waals surface area (Å²) in [5, 5.41) is 11.0. The average Bonchev–Trinajstić information content (AvgIpc) is 2.76. The third-order valence-electron chi connectivity index (χ3n) is 4.47. The van der Waals surface area contributed by atoms with E-state index in [9.17, 15) is 9.50 Å². The first-order valence-electron chi connectivity index (χ1n) is 8.99. The van der Waals surface area contributed by atoms with Crippen LogP contribution in [0.3, 0.4) is 0 Å². The zero-order valence-electron chi connectivity index (χ0n) is 14.8. The molecule has 136 valence electrons. The van der Waals surface area contributed by atoms with Gasteiger partial charge in [-0.15, -0.1) is 0 Å². The van der Waals surface area contributed by atoms with Crippen molar-refractivity contribution in [2.24, 2.45) is 0 Å². The van der Waals surface area contributed by atoms with Crippen LogP contribution in [0, 0.1) is 5.82 Å². The van der Waals surface area contributed by atoms with Crippen molar-refractivity contribution in [3.8, 4) is 5.75 Å². The number of nitrogens with zero attached hydrogens (tertiary/aromatic N) is 1. The molecule has 0 amide bonds. The van der Waals surface area contributed by atoms with Crippen molar-refractivity contribution < 1.29 is 19.0 Å². The molecule has 0 aliphatic carbocycles. The molecule has 1 N–H and O–H groups in total. The number of hydrogen-bond donors (Lipinski definition) is 1. The first-order chi connectivity index (χ1) is 11.6. The maximum atomic E-state index is 13.0. The van der Waals surface area contributed by atoms with Crippen LogP contribution in [-0.2, 0) is 4.74 Å². The number of rotatable bonds is 8. The van der Waals surface area contributed by atoms with Crippen LogP contribution in [0.25, 0.3) is 0 Å². The van der Waals surface area contributed by atoms with Gasteiger partial charge in [0.2, 0.25) is 0 Å². The van der Waals surface area contributed by atoms with Crippen molar-refractivity contribution in [2.45, 2.75) is 51.2 Å². The lowest BCUT2D eigenvalue weighted by molar-refractivity contribution is -0.0676. The highest BCUT2D eigenvalue weighted by molar-refractivity contribution is 5.22. The van der Waals surface area contributed by atoms with Gasteiger partial charge in [0.25, 0.3) is 0 Å². The highest BCUT2D eigenvalue weighted by Crippen LogP contribution is 2.21. The van der Waals surface area contributed by atoms with E-state index in [0.29, 0.717) is 24.9 Å². The highest BCUT2D eigenvalue weighted by Gasteiger charge is 2.35. The second kappa shape index (κ2) is 9.35. The molecule has 1 heterocycles. The monoisotopic (exact) mass is 339 g/mol. The van der Waals surface area contributed by atoms with Gasteiger partial charge < -0.3 is 14.6 Å². The Bertz CT molecular complexity index is 476. The molecule has 1 fully saturated rings. The smallest absolute Gasteiger partial charge is 0.134 e. The molecule has 0 radical (unpaired) electrons. The van der Waals surface area contributed by atoms with E-state index >= 15 is 0 Å². The Hall–Kier alpha value is -1.17. The average molecular weight is 339 g/mol. The summed E-state index contributed by atoms with van der Waals surface area (Å²) in [6, 6.07) is 6.33. The van der Waals surface area contributed by atoms with Crippen molar-refractivity contribution >= 4 is 0 Å². The fraction of sp³-hybridized carbons (Fsp3) is 0.684. The van der Waals surface area contributed by atoms with Gasteiger partial charge in [0, 0.05) is 19.1 Å². The van der Waals surface area contributed by atoms with E-state index in [-0.39, 0.29) is 19.0 Å². The molecule has 4 nitrogen and oxygen atoms in total. The van der Waals surface area contributed by atoms with E-state index in [1.54, 1.807) is 12.1 Å². The van der Waals surface area contributed by atoms with Gasteiger partial charge in [0.05, 0.1) is 13.2 Å². The fourth-order valence-electron chi connectivity index (χ4n) is 3.27. The van der Waals surface area contributed by atoms with Crippen molar-refractivity contribution in [1.82, 2.24) is 4.90 Å². The van der Waals surface area contributed by atoms with Gasteiger partial charge in [-0.05, 0) is 37.1 Å². The summed E-state index contributed by atoms with van der Waals surface area (Å²) in [4.78, 5) is 2.34. The summed E-state index contributed by atoms with van der Waals surface area (Å²) in [6.45, 7) is 6.79. The Kier molecular flexibility index (Phi) is 7.46. The van der Waals surface area contributed by atoms with Crippen LogP contribution in [0.1, 0.15) is 39.5 Å². The summed E-state index contributed by atoms with van der Waals surface area (Å²) >= 11 is 0. The van der Waals surface area contributed by atoms with Gasteiger partial charge in [-0.2, -0.15) is 0 Å². The third-order valence-corrected chi connectivity index (χ3v) is 4.47. The van der Waals surface area contributed by atoms with Crippen LogP contribution in [0.15, 0.2) is 24.3 Å². The Morgan fingerprint density at radius 1 is 1.25 bits per heavy atom. The molecule has 1 saturated heterocycles. The lowest BCUT2D eigenvalue weighted by atomic mass is 10.0. The van der Waals surface area contributed by atoms with Crippen LogP contribution in [0.5, 0.6) is 5.75 Å². The molecule has 1 aliphatic rings. The first kappa shape index (κ1) is 19.2. The minimum Gasteiger partial charge on any atom is -0.490 e. The first-order valence-corrected chi connectivity index (χ1v) is 8.99. The molecular weight excluding hydrogens is 309 g/mol. The van der Waals surface area contributed by atoms with Gasteiger partial charge in [-0.3, -0.25) is 4.90 Å². The fourth-order valence-corrected chi connectivity index (χ4v) is 3.27. The minimum atomic E-state index is -1.05. The molecule has 24 heavy (non-hydrogen) atoms. The molecule has 1 aromatic rings. The molecule has 5 heteroatoms. The zero-order chi connectivity index (χ0) is 17.4. The largest absolute Gasteiger partial charge is 0.490 e. The lowest BCUT2D eigenvalue weighted by Crippen LogP contribution is -2.51. The number of ether oxygens (including phenoxy) is 2. The number of β-amino-alcohol motifs (C(OH)–C–C–N with tert-alkyl or cyclic N) is 1. The Morgan fingerprint density at radius 3 is 2.54 bits per heavy atom. The number of benzene rings is 1. The number of halogens is 1. The summed E-state index contributed by atoms with van der Waals surface area (Å²) < 4.78 is 24.3. The van der Waals surface area contributed by atoms with Crippen molar-refractivity contribution in [1.29, 1.82) is 0 Å². The van der Waals surface area contributed by atoms with Gasteiger partial charge in [-0.1, -0.05) is 26.7 Å². The molecule has 2 rings (SSSR count). The Labute approximate surface area is 144 Å². The summed E-state index contributed by atoms with van der Waals surface area (Å²) in [7, 11) is 0. The van der Waals surface area contributed by atoms with Gasteiger partial charge in [-0.25, -0.2) is 4.39 Å². The Morgan fingerprint density at radius 2 is 1.92 bits per heavy atom. The molecule has 0 unspecified atom stereocenters. The highest BCUT2D eigenvalue weighted by atomic mass is 19.1. The number of hydrogen-bond acceptors (Lipinski definition) is 4. The summed E-state index contributed by atoms with van der Waals surface area (Å²) in [5.74, 6) is 0.256. The van der Waals surface area contributed by atoms with E-state index < -0.39 is 5.60 Å². The minimum absolute atomic E-state index is 0.139. The van der Waals surface area contributed by atoms with E-state index in [4.69, 9.17) is 9.47 Å². The zero-order valence-corrected chi connectivity index (χ0v) is 14.8. The molecule has 0 saturated carbocycles. The number of aliphatic hydroxyl groups is 1. The van der Waals surface area contributed by atoms with E-state index in [2.05, 4.69) is 18.7 Å². The van der Waals surface area contributed by atoms with Gasteiger partial charge >= 0.3 is 0 Å². The third kappa shape index (κ3) is 5.72. The molecule has 0 spiro atoms. The van der Waals surface area contributed by atoms with Crippen LogP contribution in [-0.4, -0.2) is 54.6 Å². The maximum Gasteiger partial charge on any atom is 0.134 e. The van der Waals surface area contributed by atoms with E-state index in [1.807, 2.05) is 0 Å². The summed E-state index contributed by atoms with van der Waals surface area (Å²) in [5.41, 5.74) is -1.05. The van der Waals surface area contributed by atoms with Crippen molar-refractivity contribution in [3.63, 3.8) is 0 Å². The van der Waals surface area contributed by atoms with Crippen LogP contribution < -0.4 is 4.74 Å². The molecule has 0 aromatic heterocycles. The molecule has 1 aromatic carbocycles. The summed E-state index contributed by atoms with van der Waals surface area (Å²) in [6.07, 6.45) is 4.52. The van der Waals surface area contributed by atoms with E-state index in [0.717, 1.165) is 32.2 Å². The van der Waals surface area contributed by atoms with Crippen molar-refractivity contribution in [2.75, 3.05) is 32.9 Å². The second-order valence-corrected chi connectivity index (χ2v) is 6.72. The standard InChI is InChI=1S/C19H30FNO3/c1-3-5-17(6-4-2)21-11-12-23-14-19(22,13-21)15-24-18-9-7-16(20)8-10-18/h7-10,17,22H,3-6,11-15H2,1-2H3/t19-/m1/s1. The second-order valence-electron chi connectivity index (χ2n) is 6.72. The molecule has 1 atom stereocenters. The molecule has 0 bridgehead atoms. The van der Waals surface area contributed by atoms with Gasteiger partial charge in [0.1, 0.15) is 23.8 Å². The van der Waals surface area contributed by atoms with Gasteiger partial charge in [0.15, 0.2) is 0 Å². The molecular formula is C19H30FNO3. The lowest BCUT2D eigenvalue weighted by Gasteiger charge is -2.35. The van der Waals surface area contributed by atoms with Crippen LogP contribution in [0.2, 0.25) is 0 Å². The quantitative estimate of drug-likeness (QED) is 0.789. The normalized spacial score (nSPS) is 22.5. The topological polar surface area (TPSA) is 41.9 Å². The predicted octanol–water partition coefficient (Wildman–Crippen LogP) is 3.24. The SMILES string of the molecule is CCCC(CCC)N1CCOC[C@@](O)(COc2ccc(F)cc2)C1. The molecule has 1 aliphatic heterocycles. The van der Waals surface area contributed by atoms with Crippen molar-refractivity contribution in [3.05, 3.63) is 30.1 Å². The maximum absolute atomic E-state index is 13.0. The Balaban J connectivity index is 1.99. The predicted molar refractivity (Wildman–Crippen MR) is 92.8 cm³/mol. The van der Waals surface area contributed by atoms with Crippen LogP contribution in [0.4, 0.5) is 4.39 Å². The van der Waals surface area contributed by atoms with E-state index in [1.165, 1.54) is 12.1 Å². The van der Waals surface area contributed by atoms with Crippen LogP contribution >= 0.6 is 0 Å².